The molecule has 1 aromatic rings. The molecule has 0 heterocycles. The predicted molar refractivity (Wildman–Crippen MR) is 80.0 cm³/mol. The van der Waals surface area contributed by atoms with Crippen LogP contribution in [0.5, 0.6) is 5.75 Å². The molecule has 1 aromatic carbocycles. The number of ether oxygens (including phenoxy) is 2. The summed E-state index contributed by atoms with van der Waals surface area (Å²) in [5, 5.41) is 0.728. The van der Waals surface area contributed by atoms with E-state index in [1.165, 1.54) is 0 Å². The molecule has 0 aliphatic heterocycles. The minimum Gasteiger partial charge on any atom is -0.493 e. The van der Waals surface area contributed by atoms with Crippen molar-refractivity contribution < 1.29 is 9.47 Å². The summed E-state index contributed by atoms with van der Waals surface area (Å²) in [6.07, 6.45) is 2.55. The van der Waals surface area contributed by atoms with Crippen LogP contribution >= 0.6 is 11.6 Å². The normalized spacial score (nSPS) is 12.4. The standard InChI is InChI=1S/C15H24ClNO2/c1-3-12(17)11-13-14(16)7-5-8-15(13)19-10-6-9-18-4-2/h5,7-8,12H,3-4,6,9-11,17H2,1-2H3. The minimum absolute atomic E-state index is 0.116. The average Bonchev–Trinajstić information content (AvgIpc) is 2.41. The Balaban J connectivity index is 2.58. The van der Waals surface area contributed by atoms with E-state index in [-0.39, 0.29) is 6.04 Å². The smallest absolute Gasteiger partial charge is 0.124 e. The van der Waals surface area contributed by atoms with Gasteiger partial charge in [-0.1, -0.05) is 24.6 Å². The lowest BCUT2D eigenvalue weighted by molar-refractivity contribution is 0.130. The first-order chi connectivity index (χ1) is 9.19. The van der Waals surface area contributed by atoms with Gasteiger partial charge in [-0.2, -0.15) is 0 Å². The van der Waals surface area contributed by atoms with Gasteiger partial charge < -0.3 is 15.2 Å². The van der Waals surface area contributed by atoms with Gasteiger partial charge in [-0.15, -0.1) is 0 Å². The molecule has 0 fully saturated rings. The van der Waals surface area contributed by atoms with E-state index in [0.717, 1.165) is 48.8 Å². The molecule has 19 heavy (non-hydrogen) atoms. The Kier molecular flexibility index (Phi) is 7.87. The highest BCUT2D eigenvalue weighted by Crippen LogP contribution is 2.28. The number of hydrogen-bond acceptors (Lipinski definition) is 3. The molecular weight excluding hydrogens is 262 g/mol. The molecule has 0 bridgehead atoms. The zero-order valence-electron chi connectivity index (χ0n) is 11.8. The van der Waals surface area contributed by atoms with Crippen LogP contribution in [-0.4, -0.2) is 25.9 Å². The Labute approximate surface area is 121 Å². The van der Waals surface area contributed by atoms with Crippen molar-refractivity contribution in [3.8, 4) is 5.75 Å². The van der Waals surface area contributed by atoms with Gasteiger partial charge in [-0.05, 0) is 31.9 Å². The van der Waals surface area contributed by atoms with Gasteiger partial charge in [0.25, 0.3) is 0 Å². The Morgan fingerprint density at radius 1 is 1.26 bits per heavy atom. The zero-order valence-corrected chi connectivity index (χ0v) is 12.6. The van der Waals surface area contributed by atoms with Gasteiger partial charge >= 0.3 is 0 Å². The summed E-state index contributed by atoms with van der Waals surface area (Å²) in [5.74, 6) is 0.841. The van der Waals surface area contributed by atoms with E-state index >= 15 is 0 Å². The molecule has 4 heteroatoms. The van der Waals surface area contributed by atoms with Gasteiger partial charge in [0, 0.05) is 36.3 Å². The third kappa shape index (κ3) is 5.81. The van der Waals surface area contributed by atoms with Gasteiger partial charge in [0.15, 0.2) is 0 Å². The molecule has 108 valence electrons. The van der Waals surface area contributed by atoms with Crippen molar-refractivity contribution in [2.45, 2.75) is 39.2 Å². The van der Waals surface area contributed by atoms with Crippen molar-refractivity contribution in [1.82, 2.24) is 0 Å². The lowest BCUT2D eigenvalue weighted by Gasteiger charge is -2.15. The highest BCUT2D eigenvalue weighted by atomic mass is 35.5. The second-order valence-electron chi connectivity index (χ2n) is 4.49. The van der Waals surface area contributed by atoms with Crippen LogP contribution in [0.25, 0.3) is 0 Å². The molecule has 0 radical (unpaired) electrons. The van der Waals surface area contributed by atoms with E-state index in [2.05, 4.69) is 6.92 Å². The van der Waals surface area contributed by atoms with Gasteiger partial charge in [-0.25, -0.2) is 0 Å². The van der Waals surface area contributed by atoms with Crippen LogP contribution in [0.2, 0.25) is 5.02 Å². The number of benzene rings is 1. The maximum Gasteiger partial charge on any atom is 0.124 e. The summed E-state index contributed by atoms with van der Waals surface area (Å²) >= 11 is 6.23. The van der Waals surface area contributed by atoms with Crippen LogP contribution in [0.15, 0.2) is 18.2 Å². The largest absolute Gasteiger partial charge is 0.493 e. The molecule has 0 aliphatic carbocycles. The monoisotopic (exact) mass is 285 g/mol. The first kappa shape index (κ1) is 16.3. The van der Waals surface area contributed by atoms with Crippen LogP contribution in [0.4, 0.5) is 0 Å². The first-order valence-corrected chi connectivity index (χ1v) is 7.30. The number of rotatable bonds is 9. The highest BCUT2D eigenvalue weighted by molar-refractivity contribution is 6.31. The van der Waals surface area contributed by atoms with Crippen LogP contribution in [-0.2, 0) is 11.2 Å². The molecule has 1 rings (SSSR count). The van der Waals surface area contributed by atoms with E-state index in [1.54, 1.807) is 0 Å². The maximum atomic E-state index is 6.23. The quantitative estimate of drug-likeness (QED) is 0.707. The Hall–Kier alpha value is -0.770. The lowest BCUT2D eigenvalue weighted by Crippen LogP contribution is -2.22. The van der Waals surface area contributed by atoms with Crippen LogP contribution < -0.4 is 10.5 Å². The fraction of sp³-hybridized carbons (Fsp3) is 0.600. The molecule has 1 unspecified atom stereocenters. The predicted octanol–water partition coefficient (Wildman–Crippen LogP) is 3.43. The average molecular weight is 286 g/mol. The van der Waals surface area contributed by atoms with Crippen molar-refractivity contribution in [2.75, 3.05) is 19.8 Å². The second-order valence-corrected chi connectivity index (χ2v) is 4.90. The molecular formula is C15H24ClNO2. The first-order valence-electron chi connectivity index (χ1n) is 6.92. The molecule has 0 aliphatic rings. The maximum absolute atomic E-state index is 6.23. The van der Waals surface area contributed by atoms with Gasteiger partial charge in [-0.3, -0.25) is 0 Å². The third-order valence-electron chi connectivity index (χ3n) is 2.96. The van der Waals surface area contributed by atoms with E-state index in [4.69, 9.17) is 26.8 Å². The Morgan fingerprint density at radius 2 is 2.05 bits per heavy atom. The van der Waals surface area contributed by atoms with Crippen molar-refractivity contribution >= 4 is 11.6 Å². The molecule has 0 saturated heterocycles. The van der Waals surface area contributed by atoms with E-state index < -0.39 is 0 Å². The van der Waals surface area contributed by atoms with Crippen LogP contribution in [0.3, 0.4) is 0 Å². The van der Waals surface area contributed by atoms with Crippen molar-refractivity contribution in [2.24, 2.45) is 5.73 Å². The van der Waals surface area contributed by atoms with Gasteiger partial charge in [0.2, 0.25) is 0 Å². The fourth-order valence-electron chi connectivity index (χ4n) is 1.77. The summed E-state index contributed by atoms with van der Waals surface area (Å²) in [7, 11) is 0. The van der Waals surface area contributed by atoms with E-state index in [1.807, 2.05) is 25.1 Å². The summed E-state index contributed by atoms with van der Waals surface area (Å²) in [4.78, 5) is 0. The molecule has 0 saturated carbocycles. The molecule has 2 N–H and O–H groups in total. The Bertz CT molecular complexity index is 371. The molecule has 3 nitrogen and oxygen atoms in total. The SMILES string of the molecule is CCOCCCOc1cccc(Cl)c1CC(N)CC. The van der Waals surface area contributed by atoms with Crippen molar-refractivity contribution in [3.05, 3.63) is 28.8 Å². The summed E-state index contributed by atoms with van der Waals surface area (Å²) in [6, 6.07) is 5.85. The third-order valence-corrected chi connectivity index (χ3v) is 3.32. The number of hydrogen-bond donors (Lipinski definition) is 1. The summed E-state index contributed by atoms with van der Waals surface area (Å²) < 4.78 is 11.1. The number of halogens is 1. The number of nitrogens with two attached hydrogens (primary N) is 1. The molecule has 0 aromatic heterocycles. The second kappa shape index (κ2) is 9.18. The summed E-state index contributed by atoms with van der Waals surface area (Å²) in [5.41, 5.74) is 7.01. The Morgan fingerprint density at radius 3 is 2.74 bits per heavy atom. The summed E-state index contributed by atoms with van der Waals surface area (Å²) in [6.45, 7) is 6.16. The topological polar surface area (TPSA) is 44.5 Å². The van der Waals surface area contributed by atoms with Gasteiger partial charge in [0.05, 0.1) is 6.61 Å². The molecule has 0 amide bonds. The minimum atomic E-state index is 0.116. The van der Waals surface area contributed by atoms with E-state index in [9.17, 15) is 0 Å². The van der Waals surface area contributed by atoms with E-state index in [0.29, 0.717) is 6.61 Å². The molecule has 1 atom stereocenters. The van der Waals surface area contributed by atoms with Gasteiger partial charge in [0.1, 0.15) is 5.75 Å². The lowest BCUT2D eigenvalue weighted by atomic mass is 10.0. The van der Waals surface area contributed by atoms with Crippen molar-refractivity contribution in [3.63, 3.8) is 0 Å². The zero-order chi connectivity index (χ0) is 14.1. The fourth-order valence-corrected chi connectivity index (χ4v) is 2.01. The highest BCUT2D eigenvalue weighted by Gasteiger charge is 2.11. The van der Waals surface area contributed by atoms with Crippen LogP contribution in [0.1, 0.15) is 32.3 Å². The van der Waals surface area contributed by atoms with Crippen LogP contribution in [0, 0.1) is 0 Å². The molecule has 0 spiro atoms. The van der Waals surface area contributed by atoms with Crippen molar-refractivity contribution in [1.29, 1.82) is 0 Å².